The summed E-state index contributed by atoms with van der Waals surface area (Å²) in [5.74, 6) is -0.0735. The second kappa shape index (κ2) is 5.55. The third-order valence-electron chi connectivity index (χ3n) is 4.11. The van der Waals surface area contributed by atoms with E-state index in [9.17, 15) is 9.59 Å². The summed E-state index contributed by atoms with van der Waals surface area (Å²) < 4.78 is 1.41. The second-order valence-corrected chi connectivity index (χ2v) is 6.06. The van der Waals surface area contributed by atoms with Crippen molar-refractivity contribution in [3.8, 4) is 0 Å². The predicted molar refractivity (Wildman–Crippen MR) is 86.1 cm³/mol. The van der Waals surface area contributed by atoms with Gasteiger partial charge >= 0.3 is 0 Å². The Balaban J connectivity index is 2.21. The molecule has 0 spiro atoms. The number of hydrogen-bond acceptors (Lipinski definition) is 3. The van der Waals surface area contributed by atoms with Crippen molar-refractivity contribution in [2.45, 2.75) is 45.7 Å². The number of hydrogen-bond donors (Lipinski definition) is 0. The van der Waals surface area contributed by atoms with Crippen LogP contribution in [0.2, 0.25) is 0 Å². The Morgan fingerprint density at radius 3 is 2.50 bits per heavy atom. The standard InChI is InChI=1S/C17H21N3O2/c1-4-19(12-9-10-12)17(22)15-13-7-5-6-8-14(13)16(21)20(18-15)11(2)3/h5-8,11-12H,4,9-10H2,1-3H3. The lowest BCUT2D eigenvalue weighted by Crippen LogP contribution is -2.36. The molecule has 1 heterocycles. The third kappa shape index (κ3) is 2.40. The topological polar surface area (TPSA) is 55.2 Å². The fourth-order valence-electron chi connectivity index (χ4n) is 2.80. The van der Waals surface area contributed by atoms with E-state index in [-0.39, 0.29) is 17.5 Å². The van der Waals surface area contributed by atoms with Gasteiger partial charge in [-0.05, 0) is 39.7 Å². The second-order valence-electron chi connectivity index (χ2n) is 6.06. The zero-order valence-corrected chi connectivity index (χ0v) is 13.2. The first-order valence-electron chi connectivity index (χ1n) is 7.87. The van der Waals surface area contributed by atoms with Gasteiger partial charge in [0.05, 0.1) is 11.4 Å². The molecule has 22 heavy (non-hydrogen) atoms. The molecule has 5 heteroatoms. The van der Waals surface area contributed by atoms with Gasteiger partial charge in [0.2, 0.25) is 0 Å². The zero-order valence-electron chi connectivity index (χ0n) is 13.2. The number of benzene rings is 1. The third-order valence-corrected chi connectivity index (χ3v) is 4.11. The molecule has 0 unspecified atom stereocenters. The van der Waals surface area contributed by atoms with Gasteiger partial charge in [-0.3, -0.25) is 9.59 Å². The summed E-state index contributed by atoms with van der Waals surface area (Å²) in [5, 5.41) is 5.60. The van der Waals surface area contributed by atoms with Crippen molar-refractivity contribution in [1.82, 2.24) is 14.7 Å². The van der Waals surface area contributed by atoms with Crippen LogP contribution in [0.25, 0.3) is 10.8 Å². The Kier molecular flexibility index (Phi) is 3.72. The zero-order chi connectivity index (χ0) is 15.9. The summed E-state index contributed by atoms with van der Waals surface area (Å²) in [6.07, 6.45) is 2.11. The molecule has 0 aliphatic heterocycles. The van der Waals surface area contributed by atoms with E-state index in [4.69, 9.17) is 0 Å². The van der Waals surface area contributed by atoms with Crippen LogP contribution in [0.15, 0.2) is 29.1 Å². The molecule has 0 saturated heterocycles. The molecule has 1 aromatic carbocycles. The van der Waals surface area contributed by atoms with Crippen LogP contribution in [0.3, 0.4) is 0 Å². The number of fused-ring (bicyclic) bond motifs is 1. The first kappa shape index (κ1) is 14.8. The van der Waals surface area contributed by atoms with Crippen molar-refractivity contribution < 1.29 is 4.79 Å². The first-order valence-corrected chi connectivity index (χ1v) is 7.87. The highest BCUT2D eigenvalue weighted by atomic mass is 16.2. The van der Waals surface area contributed by atoms with Crippen molar-refractivity contribution in [3.63, 3.8) is 0 Å². The lowest BCUT2D eigenvalue weighted by molar-refractivity contribution is 0.0746. The fraction of sp³-hybridized carbons (Fsp3) is 0.471. The summed E-state index contributed by atoms with van der Waals surface area (Å²) in [6.45, 7) is 6.45. The summed E-state index contributed by atoms with van der Waals surface area (Å²) in [5.41, 5.74) is 0.245. The van der Waals surface area contributed by atoms with Gasteiger partial charge in [0, 0.05) is 18.0 Å². The van der Waals surface area contributed by atoms with Gasteiger partial charge in [-0.1, -0.05) is 18.2 Å². The highest BCUT2D eigenvalue weighted by molar-refractivity contribution is 6.05. The van der Waals surface area contributed by atoms with Crippen molar-refractivity contribution in [1.29, 1.82) is 0 Å². The van der Waals surface area contributed by atoms with Crippen LogP contribution in [-0.4, -0.2) is 33.2 Å². The van der Waals surface area contributed by atoms with Gasteiger partial charge in [0.25, 0.3) is 11.5 Å². The molecule has 1 saturated carbocycles. The van der Waals surface area contributed by atoms with Crippen LogP contribution in [0.1, 0.15) is 50.1 Å². The normalized spacial score (nSPS) is 14.5. The Hall–Kier alpha value is -2.17. The van der Waals surface area contributed by atoms with Crippen LogP contribution in [0.5, 0.6) is 0 Å². The van der Waals surface area contributed by atoms with E-state index in [1.807, 2.05) is 43.9 Å². The first-order chi connectivity index (χ1) is 10.5. The molecule has 2 aromatic rings. The molecule has 0 radical (unpaired) electrons. The molecule has 3 rings (SSSR count). The smallest absolute Gasteiger partial charge is 0.275 e. The van der Waals surface area contributed by atoms with Gasteiger partial charge < -0.3 is 4.90 Å². The number of amides is 1. The van der Waals surface area contributed by atoms with Crippen molar-refractivity contribution in [3.05, 3.63) is 40.3 Å². The Morgan fingerprint density at radius 2 is 1.95 bits per heavy atom. The molecule has 0 N–H and O–H groups in total. The van der Waals surface area contributed by atoms with E-state index in [0.717, 1.165) is 12.8 Å². The average Bonchev–Trinajstić information content (AvgIpc) is 3.33. The molecule has 116 valence electrons. The molecule has 5 nitrogen and oxygen atoms in total. The molecule has 0 atom stereocenters. The van der Waals surface area contributed by atoms with E-state index in [1.54, 1.807) is 6.07 Å². The molecular formula is C17H21N3O2. The van der Waals surface area contributed by atoms with Crippen molar-refractivity contribution >= 4 is 16.7 Å². The fourth-order valence-corrected chi connectivity index (χ4v) is 2.80. The van der Waals surface area contributed by atoms with E-state index in [0.29, 0.717) is 29.1 Å². The van der Waals surface area contributed by atoms with Gasteiger partial charge in [-0.15, -0.1) is 0 Å². The van der Waals surface area contributed by atoms with Gasteiger partial charge in [0.1, 0.15) is 0 Å². The summed E-state index contributed by atoms with van der Waals surface area (Å²) in [7, 11) is 0. The maximum absolute atomic E-state index is 12.9. The Bertz CT molecular complexity index is 775. The van der Waals surface area contributed by atoms with Crippen LogP contribution >= 0.6 is 0 Å². The highest BCUT2D eigenvalue weighted by Gasteiger charge is 2.33. The van der Waals surface area contributed by atoms with Crippen molar-refractivity contribution in [2.75, 3.05) is 6.54 Å². The van der Waals surface area contributed by atoms with Crippen molar-refractivity contribution in [2.24, 2.45) is 0 Å². The Morgan fingerprint density at radius 1 is 1.32 bits per heavy atom. The minimum Gasteiger partial charge on any atom is -0.335 e. The molecule has 1 fully saturated rings. The number of aromatic nitrogens is 2. The molecule has 0 bridgehead atoms. The van der Waals surface area contributed by atoms with Gasteiger partial charge in [-0.2, -0.15) is 5.10 Å². The van der Waals surface area contributed by atoms with Gasteiger partial charge in [-0.25, -0.2) is 4.68 Å². The quantitative estimate of drug-likeness (QED) is 0.872. The Labute approximate surface area is 129 Å². The number of nitrogens with zero attached hydrogens (tertiary/aromatic N) is 3. The van der Waals surface area contributed by atoms with E-state index in [2.05, 4.69) is 5.10 Å². The molecule has 1 aliphatic carbocycles. The molecule has 1 aromatic heterocycles. The monoisotopic (exact) mass is 299 g/mol. The van der Waals surface area contributed by atoms with E-state index < -0.39 is 0 Å². The largest absolute Gasteiger partial charge is 0.335 e. The minimum atomic E-state index is -0.142. The molecule has 1 amide bonds. The van der Waals surface area contributed by atoms with Crippen LogP contribution < -0.4 is 5.56 Å². The van der Waals surface area contributed by atoms with E-state index >= 15 is 0 Å². The lowest BCUT2D eigenvalue weighted by atomic mass is 10.1. The van der Waals surface area contributed by atoms with Crippen LogP contribution in [0.4, 0.5) is 0 Å². The number of carbonyl (C=O) groups excluding carboxylic acids is 1. The molecular weight excluding hydrogens is 278 g/mol. The number of carbonyl (C=O) groups is 1. The minimum absolute atomic E-state index is 0.0735. The maximum atomic E-state index is 12.9. The lowest BCUT2D eigenvalue weighted by Gasteiger charge is -2.21. The van der Waals surface area contributed by atoms with Crippen LogP contribution in [0, 0.1) is 0 Å². The molecule has 1 aliphatic rings. The SMILES string of the molecule is CCN(C(=O)c1nn(C(C)C)c(=O)c2ccccc12)C1CC1. The predicted octanol–water partition coefficient (Wildman–Crippen LogP) is 2.60. The number of rotatable bonds is 4. The average molecular weight is 299 g/mol. The maximum Gasteiger partial charge on any atom is 0.275 e. The summed E-state index contributed by atoms with van der Waals surface area (Å²) >= 11 is 0. The summed E-state index contributed by atoms with van der Waals surface area (Å²) in [6, 6.07) is 7.48. The van der Waals surface area contributed by atoms with Crippen LogP contribution in [-0.2, 0) is 0 Å². The highest BCUT2D eigenvalue weighted by Crippen LogP contribution is 2.28. The van der Waals surface area contributed by atoms with E-state index in [1.165, 1.54) is 4.68 Å². The van der Waals surface area contributed by atoms with Gasteiger partial charge in [0.15, 0.2) is 5.69 Å². The summed E-state index contributed by atoms with van der Waals surface area (Å²) in [4.78, 5) is 27.3.